The van der Waals surface area contributed by atoms with Gasteiger partial charge in [0.1, 0.15) is 18.0 Å². The number of phenols is 3. The molecule has 6 atom stereocenters. The Hall–Kier alpha value is -5.80. The first kappa shape index (κ1) is 44.3. The second-order valence-electron chi connectivity index (χ2n) is 16.8. The molecule has 0 radical (unpaired) electrons. The normalized spacial score (nSPS) is 23.5. The Balaban J connectivity index is 0.973. The number of guanidine groups is 1. The number of aliphatic imine (C=N–C) groups is 1. The third kappa shape index (κ3) is 11.8. The van der Waals surface area contributed by atoms with E-state index in [1.165, 1.54) is 13.0 Å². The number of hydrogen-bond donors (Lipinski definition) is 7. The minimum absolute atomic E-state index is 0.0890. The van der Waals surface area contributed by atoms with E-state index in [2.05, 4.69) is 25.9 Å². The molecule has 8 N–H and O–H groups in total. The average Bonchev–Trinajstić information content (AvgIpc) is 3.25. The number of aromatic hydroxyl groups is 3. The zero-order valence-electron chi connectivity index (χ0n) is 35.7. The predicted molar refractivity (Wildman–Crippen MR) is 235 cm³/mol. The third-order valence-electron chi connectivity index (χ3n) is 12.2. The Morgan fingerprint density at radius 1 is 0.984 bits per heavy atom. The van der Waals surface area contributed by atoms with Gasteiger partial charge < -0.3 is 56.0 Å². The number of esters is 1. The van der Waals surface area contributed by atoms with Gasteiger partial charge in [-0.1, -0.05) is 12.1 Å². The zero-order valence-corrected chi connectivity index (χ0v) is 35.7. The molecule has 7 rings (SSSR count). The van der Waals surface area contributed by atoms with E-state index in [1.807, 2.05) is 43.4 Å². The maximum Gasteiger partial charge on any atom is 0.302 e. The van der Waals surface area contributed by atoms with Crippen LogP contribution in [0.15, 0.2) is 78.2 Å². The topological polar surface area (TPSA) is 215 Å². The number of ether oxygens (including phenoxy) is 4. The van der Waals surface area contributed by atoms with Gasteiger partial charge in [-0.2, -0.15) is 0 Å². The molecule has 0 unspecified atom stereocenters. The second-order valence-corrected chi connectivity index (χ2v) is 16.8. The van der Waals surface area contributed by atoms with E-state index in [0.29, 0.717) is 55.8 Å². The summed E-state index contributed by atoms with van der Waals surface area (Å²) in [5, 5.41) is 43.1. The molecular formula is C47H61N7O8. The zero-order chi connectivity index (χ0) is 43.5. The molecule has 4 aromatic rings. The fourth-order valence-corrected chi connectivity index (χ4v) is 9.10. The minimum atomic E-state index is -0.532. The standard InChI is InChI=1S/C47H61N7O8/c1-30(55)60-38-24-36(61-41(25-38)34-22-40(57)45(58)43(23-34)59-19-14-33-7-4-16-50-27-33)11-9-32-10-12-39(56)42(20-32)62-37-8-3-15-47(26-37)35(28-49-2)29-53-46(54-47)52-17-5-6-31-13-18-51-44(48)21-31/h4,7,10,12-13,16,18,20-23,27,35-38,41,49,56-58H,3,5-6,8-9,11,14-15,17,19,24-26,28-29H2,1-2H3,(H2,48,51)(H2,52,53,54)/t35-,36-,37-,38+,41-,47-/m0/s1. The molecule has 62 heavy (non-hydrogen) atoms. The number of carbonyl (C=O) groups is 1. The van der Waals surface area contributed by atoms with E-state index >= 15 is 0 Å². The van der Waals surface area contributed by atoms with Crippen LogP contribution in [0.25, 0.3) is 0 Å². The number of benzene rings is 2. The van der Waals surface area contributed by atoms with Crippen molar-refractivity contribution in [1.29, 1.82) is 0 Å². The van der Waals surface area contributed by atoms with Crippen molar-refractivity contribution < 1.29 is 39.1 Å². The maximum atomic E-state index is 12.1. The van der Waals surface area contributed by atoms with Gasteiger partial charge in [0.05, 0.1) is 18.8 Å². The first-order valence-corrected chi connectivity index (χ1v) is 21.9. The number of anilines is 1. The van der Waals surface area contributed by atoms with Gasteiger partial charge in [-0.15, -0.1) is 0 Å². The van der Waals surface area contributed by atoms with Gasteiger partial charge in [0, 0.05) is 82.3 Å². The molecule has 1 saturated carbocycles. The molecule has 0 bridgehead atoms. The average molecular weight is 852 g/mol. The Kier molecular flexibility index (Phi) is 14.9. The first-order valence-electron chi connectivity index (χ1n) is 21.9. The van der Waals surface area contributed by atoms with Crippen molar-refractivity contribution >= 4 is 17.7 Å². The van der Waals surface area contributed by atoms with Crippen LogP contribution in [0.4, 0.5) is 5.82 Å². The summed E-state index contributed by atoms with van der Waals surface area (Å²) in [6.07, 6.45) is 11.9. The van der Waals surface area contributed by atoms with Crippen molar-refractivity contribution in [2.45, 2.75) is 108 Å². The van der Waals surface area contributed by atoms with E-state index in [-0.39, 0.29) is 59.2 Å². The first-order chi connectivity index (χ1) is 30.1. The van der Waals surface area contributed by atoms with Gasteiger partial charge in [0.25, 0.3) is 0 Å². The number of nitrogens with zero attached hydrogens (tertiary/aromatic N) is 3. The minimum Gasteiger partial charge on any atom is -0.504 e. The number of hydrogen-bond acceptors (Lipinski definition) is 15. The highest BCUT2D eigenvalue weighted by Gasteiger charge is 2.46. The molecule has 3 aliphatic rings. The van der Waals surface area contributed by atoms with Crippen LogP contribution >= 0.6 is 0 Å². The monoisotopic (exact) mass is 851 g/mol. The third-order valence-corrected chi connectivity index (χ3v) is 12.2. The predicted octanol–water partition coefficient (Wildman–Crippen LogP) is 5.66. The Morgan fingerprint density at radius 3 is 2.66 bits per heavy atom. The summed E-state index contributed by atoms with van der Waals surface area (Å²) in [5.41, 5.74) is 9.36. The van der Waals surface area contributed by atoms with Crippen molar-refractivity contribution in [3.05, 3.63) is 95.4 Å². The van der Waals surface area contributed by atoms with E-state index in [0.717, 1.165) is 74.3 Å². The largest absolute Gasteiger partial charge is 0.504 e. The van der Waals surface area contributed by atoms with Crippen LogP contribution in [0.2, 0.25) is 0 Å². The number of nitrogens with two attached hydrogens (primary N) is 1. The van der Waals surface area contributed by atoms with Crippen LogP contribution < -0.4 is 31.2 Å². The summed E-state index contributed by atoms with van der Waals surface area (Å²) in [7, 11) is 1.98. The molecule has 2 fully saturated rings. The molecule has 1 saturated heterocycles. The van der Waals surface area contributed by atoms with Crippen LogP contribution in [0.3, 0.4) is 0 Å². The molecule has 1 spiro atoms. The van der Waals surface area contributed by atoms with Crippen LogP contribution in [0.5, 0.6) is 28.7 Å². The summed E-state index contributed by atoms with van der Waals surface area (Å²) < 4.78 is 24.9. The highest BCUT2D eigenvalue weighted by molar-refractivity contribution is 5.81. The second kappa shape index (κ2) is 20.8. The number of phenolic OH excluding ortho intramolecular Hbond substituents is 3. The summed E-state index contributed by atoms with van der Waals surface area (Å²) in [5.74, 6) is 1.23. The molecular weight excluding hydrogens is 791 g/mol. The summed E-state index contributed by atoms with van der Waals surface area (Å²) in [4.78, 5) is 25.2. The fraction of sp³-hybridized carbons (Fsp3) is 0.489. The molecule has 4 heterocycles. The van der Waals surface area contributed by atoms with Crippen LogP contribution in [-0.2, 0) is 33.5 Å². The lowest BCUT2D eigenvalue weighted by Crippen LogP contribution is -2.65. The van der Waals surface area contributed by atoms with Gasteiger partial charge in [0.15, 0.2) is 29.0 Å². The molecule has 2 aliphatic heterocycles. The Bertz CT molecular complexity index is 2140. The maximum absolute atomic E-state index is 12.1. The molecule has 2 aromatic heterocycles. The number of carbonyl (C=O) groups excluding carboxylic acids is 1. The van der Waals surface area contributed by atoms with E-state index in [4.69, 9.17) is 29.7 Å². The number of pyridine rings is 2. The van der Waals surface area contributed by atoms with E-state index < -0.39 is 12.2 Å². The molecule has 1 aliphatic carbocycles. The molecule has 15 heteroatoms. The summed E-state index contributed by atoms with van der Waals surface area (Å²) in [6.45, 7) is 3.94. The van der Waals surface area contributed by atoms with Gasteiger partial charge in [-0.3, -0.25) is 14.8 Å². The number of aromatic nitrogens is 2. The summed E-state index contributed by atoms with van der Waals surface area (Å²) in [6, 6.07) is 16.3. The Labute approximate surface area is 363 Å². The van der Waals surface area contributed by atoms with Crippen molar-refractivity contribution in [2.24, 2.45) is 10.9 Å². The lowest BCUT2D eigenvalue weighted by molar-refractivity contribution is -0.160. The molecule has 2 aromatic carbocycles. The smallest absolute Gasteiger partial charge is 0.302 e. The molecule has 0 amide bonds. The van der Waals surface area contributed by atoms with Crippen molar-refractivity contribution in [1.82, 2.24) is 25.9 Å². The number of nitrogen functional groups attached to an aromatic ring is 1. The van der Waals surface area contributed by atoms with Gasteiger partial charge in [0.2, 0.25) is 5.75 Å². The molecule has 15 nitrogen and oxygen atoms in total. The van der Waals surface area contributed by atoms with Crippen molar-refractivity contribution in [3.63, 3.8) is 0 Å². The number of rotatable bonds is 17. The quantitative estimate of drug-likeness (QED) is 0.0388. The van der Waals surface area contributed by atoms with E-state index in [9.17, 15) is 20.1 Å². The fourth-order valence-electron chi connectivity index (χ4n) is 9.10. The summed E-state index contributed by atoms with van der Waals surface area (Å²) >= 11 is 0. The number of aryl methyl sites for hydroxylation is 2. The van der Waals surface area contributed by atoms with E-state index in [1.54, 1.807) is 30.7 Å². The van der Waals surface area contributed by atoms with Gasteiger partial charge in [-0.25, -0.2) is 4.98 Å². The lowest BCUT2D eigenvalue weighted by atomic mass is 9.70. The molecule has 332 valence electrons. The van der Waals surface area contributed by atoms with Crippen LogP contribution in [0, 0.1) is 5.92 Å². The van der Waals surface area contributed by atoms with Gasteiger partial charge in [-0.05, 0) is 117 Å². The SMILES string of the molecule is CNC[C@H]1CN=C(NCCCc2ccnc(N)c2)N[C@]12CCC[C@H](Oc1cc(CC[C@H]3C[C@@H](OC(C)=O)C[C@@H](c4cc(O)c(O)c(OCCc5cccnc5)c4)O3)ccc1O)C2. The van der Waals surface area contributed by atoms with Crippen molar-refractivity contribution in [2.75, 3.05) is 39.0 Å². The Morgan fingerprint density at radius 2 is 1.85 bits per heavy atom. The lowest BCUT2D eigenvalue weighted by Gasteiger charge is -2.49. The highest BCUT2D eigenvalue weighted by atomic mass is 16.6. The van der Waals surface area contributed by atoms with Crippen LogP contribution in [0.1, 0.15) is 86.6 Å². The van der Waals surface area contributed by atoms with Gasteiger partial charge >= 0.3 is 5.97 Å². The number of nitrogens with one attached hydrogen (secondary N) is 3. The van der Waals surface area contributed by atoms with Crippen molar-refractivity contribution in [3.8, 4) is 28.7 Å². The van der Waals surface area contributed by atoms with Crippen LogP contribution in [-0.4, -0.2) is 94.4 Å². The highest BCUT2D eigenvalue weighted by Crippen LogP contribution is 2.43.